The van der Waals surface area contributed by atoms with Crippen LogP contribution < -0.4 is 0 Å². The molecule has 2 rings (SSSR count). The second-order valence-corrected chi connectivity index (χ2v) is 5.33. The molecule has 1 heteroatoms. The van der Waals surface area contributed by atoms with Crippen molar-refractivity contribution in [3.63, 3.8) is 0 Å². The van der Waals surface area contributed by atoms with Crippen molar-refractivity contribution in [2.24, 2.45) is 0 Å². The van der Waals surface area contributed by atoms with Crippen LogP contribution in [0.5, 0.6) is 0 Å². The number of hydrogen-bond acceptors (Lipinski definition) is 0. The molecule has 0 heterocycles. The summed E-state index contributed by atoms with van der Waals surface area (Å²) in [5, 5.41) is 0. The van der Waals surface area contributed by atoms with E-state index in [0.29, 0.717) is 6.42 Å². The van der Waals surface area contributed by atoms with E-state index < -0.39 is 5.67 Å². The third-order valence-electron chi connectivity index (χ3n) is 3.28. The molecule has 19 heavy (non-hydrogen) atoms. The van der Waals surface area contributed by atoms with Gasteiger partial charge in [-0.3, -0.25) is 0 Å². The van der Waals surface area contributed by atoms with Crippen molar-refractivity contribution in [3.8, 4) is 23.7 Å². The Hall–Kier alpha value is -0.950. The normalized spacial score (nSPS) is 26.0. The van der Waals surface area contributed by atoms with Gasteiger partial charge < -0.3 is 0 Å². The third kappa shape index (κ3) is 10.6. The van der Waals surface area contributed by atoms with E-state index >= 15 is 0 Å². The molecule has 1 unspecified atom stereocenters. The molecule has 0 N–H and O–H groups in total. The molecule has 0 bridgehead atoms. The van der Waals surface area contributed by atoms with Gasteiger partial charge >= 0.3 is 0 Å². The highest BCUT2D eigenvalue weighted by Crippen LogP contribution is 2.20. The zero-order valence-electron chi connectivity index (χ0n) is 11.7. The molecular weight excluding hydrogens is 235 g/mol. The van der Waals surface area contributed by atoms with Gasteiger partial charge in [0.05, 0.1) is 0 Å². The van der Waals surface area contributed by atoms with Gasteiger partial charge in [-0.2, -0.15) is 0 Å². The lowest BCUT2D eigenvalue weighted by atomic mass is 9.98. The maximum atomic E-state index is 13.1. The number of rotatable bonds is 0. The van der Waals surface area contributed by atoms with Crippen molar-refractivity contribution in [1.29, 1.82) is 0 Å². The molecule has 0 aromatic carbocycles. The first-order valence-corrected chi connectivity index (χ1v) is 7.35. The lowest BCUT2D eigenvalue weighted by molar-refractivity contribution is 0.244. The summed E-state index contributed by atoms with van der Waals surface area (Å²) in [4.78, 5) is 0. The second-order valence-electron chi connectivity index (χ2n) is 5.33. The van der Waals surface area contributed by atoms with Crippen molar-refractivity contribution in [2.75, 3.05) is 0 Å². The highest BCUT2D eigenvalue weighted by atomic mass is 19.1. The van der Waals surface area contributed by atoms with Gasteiger partial charge in [0.1, 0.15) is 0 Å². The fourth-order valence-corrected chi connectivity index (χ4v) is 2.11. The Labute approximate surface area is 119 Å². The Morgan fingerprint density at radius 1 is 0.737 bits per heavy atom. The number of alkyl halides is 1. The van der Waals surface area contributed by atoms with Gasteiger partial charge in [-0.1, -0.05) is 38.5 Å². The standard InChI is InChI=1S/C9H13F.C8H12.CH4/c1-9(10)7-5-3-2-4-6-8-9;1-2-4-6-8-7-5-3-1;/h2-5,7H2,1H3;1-6H2;1H4. The van der Waals surface area contributed by atoms with Crippen LogP contribution in [0.25, 0.3) is 0 Å². The molecule has 0 saturated heterocycles. The average Bonchev–Trinajstić information content (AvgIpc) is 2.24. The fourth-order valence-electron chi connectivity index (χ4n) is 2.11. The zero-order valence-corrected chi connectivity index (χ0v) is 11.7. The number of hydrogen-bond donors (Lipinski definition) is 0. The quantitative estimate of drug-likeness (QED) is 0.495. The van der Waals surface area contributed by atoms with Crippen LogP contribution >= 0.6 is 0 Å². The summed E-state index contributed by atoms with van der Waals surface area (Å²) < 4.78 is 13.1. The van der Waals surface area contributed by atoms with Crippen LogP contribution in [-0.2, 0) is 0 Å². The Balaban J connectivity index is 0.000000331. The molecule has 108 valence electrons. The molecular formula is C18H29F. The molecule has 0 fully saturated rings. The van der Waals surface area contributed by atoms with Crippen LogP contribution in [-0.4, -0.2) is 5.67 Å². The van der Waals surface area contributed by atoms with Gasteiger partial charge in [-0.05, 0) is 39.0 Å². The fraction of sp³-hybridized carbons (Fsp3) is 0.778. The summed E-state index contributed by atoms with van der Waals surface area (Å²) in [6, 6.07) is 0. The van der Waals surface area contributed by atoms with Crippen molar-refractivity contribution < 1.29 is 4.39 Å². The molecule has 2 aliphatic rings. The van der Waals surface area contributed by atoms with Crippen LogP contribution in [0, 0.1) is 23.7 Å². The minimum Gasteiger partial charge on any atom is -0.230 e. The lowest BCUT2D eigenvalue weighted by Gasteiger charge is -2.14. The Bertz CT molecular complexity index is 320. The maximum absolute atomic E-state index is 13.1. The van der Waals surface area contributed by atoms with Gasteiger partial charge in [0.15, 0.2) is 5.67 Å². The Morgan fingerprint density at radius 2 is 1.21 bits per heavy atom. The maximum Gasteiger partial charge on any atom is 0.168 e. The third-order valence-corrected chi connectivity index (χ3v) is 3.28. The smallest absolute Gasteiger partial charge is 0.168 e. The highest BCUT2D eigenvalue weighted by Gasteiger charge is 2.19. The van der Waals surface area contributed by atoms with Crippen molar-refractivity contribution in [1.82, 2.24) is 0 Å². The molecule has 0 aromatic rings. The van der Waals surface area contributed by atoms with Crippen LogP contribution in [0.4, 0.5) is 4.39 Å². The van der Waals surface area contributed by atoms with E-state index in [1.54, 1.807) is 6.92 Å². The summed E-state index contributed by atoms with van der Waals surface area (Å²) >= 11 is 0. The summed E-state index contributed by atoms with van der Waals surface area (Å²) in [5.74, 6) is 11.8. The zero-order chi connectivity index (χ0) is 13.1. The largest absolute Gasteiger partial charge is 0.230 e. The molecule has 0 radical (unpaired) electrons. The van der Waals surface area contributed by atoms with Gasteiger partial charge in [0.25, 0.3) is 0 Å². The first-order chi connectivity index (χ1) is 8.71. The van der Waals surface area contributed by atoms with E-state index in [1.165, 1.54) is 25.7 Å². The first-order valence-electron chi connectivity index (χ1n) is 7.35. The molecule has 0 saturated carbocycles. The Morgan fingerprint density at radius 3 is 1.79 bits per heavy atom. The van der Waals surface area contributed by atoms with E-state index in [1.807, 2.05) is 0 Å². The predicted molar refractivity (Wildman–Crippen MR) is 82.6 cm³/mol. The molecule has 0 spiro atoms. The van der Waals surface area contributed by atoms with E-state index in [0.717, 1.165) is 38.5 Å². The number of halogens is 1. The molecule has 2 aliphatic carbocycles. The van der Waals surface area contributed by atoms with Crippen molar-refractivity contribution in [2.45, 2.75) is 90.6 Å². The van der Waals surface area contributed by atoms with Crippen LogP contribution in [0.3, 0.4) is 0 Å². The van der Waals surface area contributed by atoms with E-state index in [9.17, 15) is 4.39 Å². The molecule has 0 aliphatic heterocycles. The Kier molecular flexibility index (Phi) is 10.4. The summed E-state index contributed by atoms with van der Waals surface area (Å²) in [7, 11) is 0. The average molecular weight is 264 g/mol. The summed E-state index contributed by atoms with van der Waals surface area (Å²) in [6.07, 6.45) is 12.5. The first kappa shape index (κ1) is 18.0. The van der Waals surface area contributed by atoms with Gasteiger partial charge in [-0.25, -0.2) is 4.39 Å². The second kappa shape index (κ2) is 10.9. The highest BCUT2D eigenvalue weighted by molar-refractivity contribution is 5.12. The van der Waals surface area contributed by atoms with Crippen LogP contribution in [0.15, 0.2) is 0 Å². The molecule has 0 aromatic heterocycles. The molecule has 0 amide bonds. The van der Waals surface area contributed by atoms with Gasteiger partial charge in [0, 0.05) is 19.3 Å². The van der Waals surface area contributed by atoms with E-state index in [-0.39, 0.29) is 7.43 Å². The van der Waals surface area contributed by atoms with Crippen LogP contribution in [0.2, 0.25) is 0 Å². The van der Waals surface area contributed by atoms with Crippen LogP contribution in [0.1, 0.15) is 85.0 Å². The molecule has 1 atom stereocenters. The van der Waals surface area contributed by atoms with E-state index in [2.05, 4.69) is 23.7 Å². The minimum absolute atomic E-state index is 0. The summed E-state index contributed by atoms with van der Waals surface area (Å²) in [5.41, 5.74) is -1.21. The SMILES string of the molecule is C.C1#CCCCCCC1.CC1(F)C#CCCCCC1. The monoisotopic (exact) mass is 264 g/mol. The summed E-state index contributed by atoms with van der Waals surface area (Å²) in [6.45, 7) is 1.57. The predicted octanol–water partition coefficient (Wildman–Crippen LogP) is 5.66. The van der Waals surface area contributed by atoms with Crippen molar-refractivity contribution >= 4 is 0 Å². The van der Waals surface area contributed by atoms with Gasteiger partial charge in [-0.15, -0.1) is 11.8 Å². The molecule has 0 nitrogen and oxygen atoms in total. The minimum atomic E-state index is -1.21. The van der Waals surface area contributed by atoms with E-state index in [4.69, 9.17) is 0 Å². The topological polar surface area (TPSA) is 0 Å². The van der Waals surface area contributed by atoms with Gasteiger partial charge in [0.2, 0.25) is 0 Å². The van der Waals surface area contributed by atoms with Crippen molar-refractivity contribution in [3.05, 3.63) is 0 Å². The lowest BCUT2D eigenvalue weighted by Crippen LogP contribution is -2.15.